The van der Waals surface area contributed by atoms with Gasteiger partial charge in [-0.25, -0.2) is 9.78 Å². The third-order valence-corrected chi connectivity index (χ3v) is 4.37. The van der Waals surface area contributed by atoms with Crippen LogP contribution in [-0.2, 0) is 11.3 Å². The zero-order valence-corrected chi connectivity index (χ0v) is 13.8. The lowest BCUT2D eigenvalue weighted by molar-refractivity contribution is -0.187. The average molecular weight is 362 g/mol. The number of likely N-dealkylation sites (tertiary alicyclic amines) is 1. The Hall–Kier alpha value is -2.26. The molecule has 0 aliphatic carbocycles. The largest absolute Gasteiger partial charge is 0.481 e. The minimum absolute atomic E-state index is 0.317. The number of halogens is 3. The lowest BCUT2D eigenvalue weighted by atomic mass is 9.96. The van der Waals surface area contributed by atoms with Crippen molar-refractivity contribution < 1.29 is 27.9 Å². The van der Waals surface area contributed by atoms with Crippen molar-refractivity contribution >= 4 is 12.0 Å². The van der Waals surface area contributed by atoms with Crippen LogP contribution in [0.25, 0.3) is 0 Å². The zero-order chi connectivity index (χ0) is 18.6. The molecule has 0 spiro atoms. The third-order valence-electron chi connectivity index (χ3n) is 4.37. The first-order chi connectivity index (χ1) is 11.7. The first kappa shape index (κ1) is 19.1. The first-order valence-corrected chi connectivity index (χ1v) is 8.00. The van der Waals surface area contributed by atoms with Crippen LogP contribution in [0.2, 0.25) is 0 Å². The van der Waals surface area contributed by atoms with Gasteiger partial charge in [0.2, 0.25) is 0 Å². The number of nitrogens with one attached hydrogen (secondary N) is 1. The standard InChI is InChI=1S/C15H21F3N4O3/c1-10-19-5-7-21(10)6-3-2-4-20-14(25)22-8-11(13(23)24)12(9-22)15(16,17)18/h5,7,11-12H,2-4,6,8-9H2,1H3,(H,20,25)(H,23,24)/t11-,12-/m1/s1. The Labute approximate surface area is 142 Å². The number of hydrogen-bond donors (Lipinski definition) is 2. The molecule has 0 aromatic carbocycles. The number of aromatic nitrogens is 2. The van der Waals surface area contributed by atoms with Gasteiger partial charge in [0, 0.05) is 38.6 Å². The Kier molecular flexibility index (Phi) is 5.91. The number of carboxylic acids is 1. The van der Waals surface area contributed by atoms with Gasteiger partial charge >= 0.3 is 18.2 Å². The van der Waals surface area contributed by atoms with Crippen molar-refractivity contribution in [3.63, 3.8) is 0 Å². The van der Waals surface area contributed by atoms with Crippen LogP contribution in [0.4, 0.5) is 18.0 Å². The van der Waals surface area contributed by atoms with Gasteiger partial charge in [0.05, 0.1) is 11.8 Å². The lowest BCUT2D eigenvalue weighted by Crippen LogP contribution is -2.40. The third kappa shape index (κ3) is 4.86. The fourth-order valence-corrected chi connectivity index (χ4v) is 2.91. The predicted octanol–water partition coefficient (Wildman–Crippen LogP) is 1.88. The number of alkyl halides is 3. The van der Waals surface area contributed by atoms with E-state index in [0.29, 0.717) is 13.0 Å². The van der Waals surface area contributed by atoms with Gasteiger partial charge < -0.3 is 19.9 Å². The Bertz CT molecular complexity index is 617. The molecule has 2 amide bonds. The number of amides is 2. The van der Waals surface area contributed by atoms with Crippen LogP contribution in [0.3, 0.4) is 0 Å². The summed E-state index contributed by atoms with van der Waals surface area (Å²) in [6.07, 6.45) is 0.339. The second kappa shape index (κ2) is 7.75. The highest BCUT2D eigenvalue weighted by molar-refractivity contribution is 5.77. The zero-order valence-electron chi connectivity index (χ0n) is 13.8. The molecule has 2 rings (SSSR count). The van der Waals surface area contributed by atoms with Crippen LogP contribution in [-0.4, -0.2) is 57.4 Å². The van der Waals surface area contributed by atoms with Crippen molar-refractivity contribution in [3.05, 3.63) is 18.2 Å². The van der Waals surface area contributed by atoms with E-state index in [2.05, 4.69) is 10.3 Å². The highest BCUT2D eigenvalue weighted by Gasteiger charge is 2.53. The summed E-state index contributed by atoms with van der Waals surface area (Å²) in [6.45, 7) is 1.88. The Balaban J connectivity index is 1.75. The molecule has 0 saturated carbocycles. The number of carbonyl (C=O) groups excluding carboxylic acids is 1. The monoisotopic (exact) mass is 362 g/mol. The van der Waals surface area contributed by atoms with Crippen LogP contribution in [0, 0.1) is 18.8 Å². The topological polar surface area (TPSA) is 87.5 Å². The van der Waals surface area contributed by atoms with Crippen molar-refractivity contribution in [1.82, 2.24) is 19.8 Å². The lowest BCUT2D eigenvalue weighted by Gasteiger charge is -2.18. The van der Waals surface area contributed by atoms with E-state index in [1.807, 2.05) is 17.7 Å². The van der Waals surface area contributed by atoms with Crippen molar-refractivity contribution in [2.24, 2.45) is 11.8 Å². The first-order valence-electron chi connectivity index (χ1n) is 8.00. The maximum absolute atomic E-state index is 12.9. The summed E-state index contributed by atoms with van der Waals surface area (Å²) >= 11 is 0. The number of urea groups is 1. The SMILES string of the molecule is Cc1nccn1CCCCNC(=O)N1C[C@@H](C(F)(F)F)[C@H](C(=O)O)C1. The molecule has 1 aliphatic rings. The Morgan fingerprint density at radius 2 is 2.08 bits per heavy atom. The van der Waals surface area contributed by atoms with Crippen LogP contribution in [0.5, 0.6) is 0 Å². The number of rotatable bonds is 6. The number of imidazole rings is 1. The van der Waals surface area contributed by atoms with Crippen LogP contribution in [0.1, 0.15) is 18.7 Å². The number of aryl methyl sites for hydroxylation is 2. The second-order valence-electron chi connectivity index (χ2n) is 6.10. The average Bonchev–Trinajstić information content (AvgIpc) is 3.13. The van der Waals surface area contributed by atoms with Crippen LogP contribution < -0.4 is 5.32 Å². The Morgan fingerprint density at radius 1 is 1.36 bits per heavy atom. The van der Waals surface area contributed by atoms with Gasteiger partial charge in [-0.2, -0.15) is 13.2 Å². The van der Waals surface area contributed by atoms with Gasteiger partial charge in [-0.1, -0.05) is 0 Å². The molecule has 1 saturated heterocycles. The molecule has 2 N–H and O–H groups in total. The van der Waals surface area contributed by atoms with E-state index in [-0.39, 0.29) is 0 Å². The van der Waals surface area contributed by atoms with Crippen LogP contribution >= 0.6 is 0 Å². The van der Waals surface area contributed by atoms with E-state index in [1.54, 1.807) is 6.20 Å². The quantitative estimate of drug-likeness (QED) is 0.757. The number of unbranched alkanes of at least 4 members (excludes halogenated alkanes) is 1. The summed E-state index contributed by atoms with van der Waals surface area (Å²) in [4.78, 5) is 28.0. The molecule has 10 heteroatoms. The molecule has 25 heavy (non-hydrogen) atoms. The number of hydrogen-bond acceptors (Lipinski definition) is 3. The van der Waals surface area contributed by atoms with E-state index in [9.17, 15) is 22.8 Å². The van der Waals surface area contributed by atoms with Gasteiger partial charge in [0.1, 0.15) is 5.82 Å². The molecular weight excluding hydrogens is 341 g/mol. The molecule has 7 nitrogen and oxygen atoms in total. The van der Waals surface area contributed by atoms with E-state index in [4.69, 9.17) is 5.11 Å². The van der Waals surface area contributed by atoms with Crippen LogP contribution in [0.15, 0.2) is 12.4 Å². The van der Waals surface area contributed by atoms with Gasteiger partial charge in [-0.05, 0) is 19.8 Å². The van der Waals surface area contributed by atoms with Gasteiger partial charge in [0.25, 0.3) is 0 Å². The fourth-order valence-electron chi connectivity index (χ4n) is 2.91. The summed E-state index contributed by atoms with van der Waals surface area (Å²) < 4.78 is 40.7. The molecule has 1 aromatic heterocycles. The highest BCUT2D eigenvalue weighted by atomic mass is 19.4. The summed E-state index contributed by atoms with van der Waals surface area (Å²) in [7, 11) is 0. The second-order valence-corrected chi connectivity index (χ2v) is 6.10. The summed E-state index contributed by atoms with van der Waals surface area (Å²) in [6, 6.07) is -0.656. The predicted molar refractivity (Wildman–Crippen MR) is 81.8 cm³/mol. The summed E-state index contributed by atoms with van der Waals surface area (Å²) in [5.41, 5.74) is 0. The minimum Gasteiger partial charge on any atom is -0.481 e. The molecule has 0 unspecified atom stereocenters. The molecular formula is C15H21F3N4O3. The van der Waals surface area contributed by atoms with E-state index < -0.39 is 43.1 Å². The Morgan fingerprint density at radius 3 is 2.60 bits per heavy atom. The van der Waals surface area contributed by atoms with E-state index >= 15 is 0 Å². The fraction of sp³-hybridized carbons (Fsp3) is 0.667. The van der Waals surface area contributed by atoms with Crippen molar-refractivity contribution in [2.45, 2.75) is 32.5 Å². The van der Waals surface area contributed by atoms with Crippen molar-refractivity contribution in [1.29, 1.82) is 0 Å². The minimum atomic E-state index is -4.64. The molecule has 0 radical (unpaired) electrons. The van der Waals surface area contributed by atoms with Crippen molar-refractivity contribution in [2.75, 3.05) is 19.6 Å². The maximum Gasteiger partial charge on any atom is 0.394 e. The number of carbonyl (C=O) groups is 2. The molecule has 1 aliphatic heterocycles. The number of aliphatic carboxylic acids is 1. The van der Waals surface area contributed by atoms with Crippen molar-refractivity contribution in [3.8, 4) is 0 Å². The van der Waals surface area contributed by atoms with Gasteiger partial charge in [-0.15, -0.1) is 0 Å². The number of carboxylic acid groups (broad SMARTS) is 1. The maximum atomic E-state index is 12.9. The normalized spacial score (nSPS) is 20.7. The summed E-state index contributed by atoms with van der Waals surface area (Å²) in [5, 5.41) is 11.5. The molecule has 0 bridgehead atoms. The highest BCUT2D eigenvalue weighted by Crippen LogP contribution is 2.37. The van der Waals surface area contributed by atoms with E-state index in [0.717, 1.165) is 23.7 Å². The molecule has 2 atom stereocenters. The van der Waals surface area contributed by atoms with E-state index in [1.165, 1.54) is 0 Å². The van der Waals surface area contributed by atoms with Gasteiger partial charge in [0.15, 0.2) is 0 Å². The molecule has 140 valence electrons. The smallest absolute Gasteiger partial charge is 0.394 e. The summed E-state index contributed by atoms with van der Waals surface area (Å²) in [5.74, 6) is -4.29. The number of nitrogens with zero attached hydrogens (tertiary/aromatic N) is 3. The molecule has 2 heterocycles. The molecule has 1 fully saturated rings. The molecule has 1 aromatic rings. The van der Waals surface area contributed by atoms with Gasteiger partial charge in [-0.3, -0.25) is 4.79 Å².